The maximum atomic E-state index is 6.30. The van der Waals surface area contributed by atoms with Crippen molar-refractivity contribution in [2.45, 2.75) is 32.4 Å². The van der Waals surface area contributed by atoms with Gasteiger partial charge in [0, 0.05) is 43.3 Å². The molecule has 0 atom stereocenters. The molecule has 3 aromatic rings. The monoisotopic (exact) mass is 350 g/mol. The first-order valence-electron chi connectivity index (χ1n) is 8.94. The molecule has 4 rings (SSSR count). The highest BCUT2D eigenvalue weighted by Crippen LogP contribution is 2.29. The summed E-state index contributed by atoms with van der Waals surface area (Å²) in [4.78, 5) is 11.0. The lowest BCUT2D eigenvalue weighted by Crippen LogP contribution is -2.37. The maximum Gasteiger partial charge on any atom is 0.150 e. The first-order valence-corrected chi connectivity index (χ1v) is 8.94. The molecule has 1 aliphatic heterocycles. The topological polar surface area (TPSA) is 64.3 Å². The molecule has 0 bridgehead atoms. The van der Waals surface area contributed by atoms with Crippen LogP contribution < -0.4 is 4.74 Å². The third kappa shape index (κ3) is 3.91. The second kappa shape index (κ2) is 7.66. The molecule has 3 aromatic heterocycles. The summed E-state index contributed by atoms with van der Waals surface area (Å²) < 4.78 is 11.6. The number of hydrogen-bond acceptors (Lipinski definition) is 6. The molecule has 0 unspecified atom stereocenters. The minimum Gasteiger partial charge on any atom is -0.488 e. The van der Waals surface area contributed by atoms with E-state index in [1.807, 2.05) is 37.3 Å². The second-order valence-electron chi connectivity index (χ2n) is 6.61. The van der Waals surface area contributed by atoms with Crippen LogP contribution in [0.5, 0.6) is 5.75 Å². The Morgan fingerprint density at radius 1 is 1.15 bits per heavy atom. The summed E-state index contributed by atoms with van der Waals surface area (Å²) in [5.41, 5.74) is 2.82. The molecule has 0 spiro atoms. The quantitative estimate of drug-likeness (QED) is 0.702. The summed E-state index contributed by atoms with van der Waals surface area (Å²) in [7, 11) is 0. The average molecular weight is 350 g/mol. The first kappa shape index (κ1) is 16.7. The molecule has 1 aliphatic rings. The molecule has 0 saturated carbocycles. The summed E-state index contributed by atoms with van der Waals surface area (Å²) >= 11 is 0. The van der Waals surface area contributed by atoms with Gasteiger partial charge in [0.15, 0.2) is 5.76 Å². The Bertz CT molecular complexity index is 842. The molecule has 26 heavy (non-hydrogen) atoms. The highest BCUT2D eigenvalue weighted by atomic mass is 16.5. The Kier molecular flexibility index (Phi) is 4.93. The first-order chi connectivity index (χ1) is 12.8. The molecule has 0 N–H and O–H groups in total. The van der Waals surface area contributed by atoms with E-state index >= 15 is 0 Å². The number of ether oxygens (including phenoxy) is 1. The van der Waals surface area contributed by atoms with Crippen molar-refractivity contribution in [1.82, 2.24) is 20.0 Å². The lowest BCUT2D eigenvalue weighted by Gasteiger charge is -2.31. The molecule has 0 aliphatic carbocycles. The number of pyridine rings is 2. The fraction of sp³-hybridized carbons (Fsp3) is 0.350. The van der Waals surface area contributed by atoms with Crippen molar-refractivity contribution < 1.29 is 9.26 Å². The summed E-state index contributed by atoms with van der Waals surface area (Å²) in [6.07, 6.45) is 7.52. The smallest absolute Gasteiger partial charge is 0.150 e. The van der Waals surface area contributed by atoms with Gasteiger partial charge in [-0.1, -0.05) is 5.16 Å². The number of hydrogen-bond donors (Lipinski definition) is 0. The number of aromatic nitrogens is 3. The van der Waals surface area contributed by atoms with Gasteiger partial charge < -0.3 is 9.26 Å². The summed E-state index contributed by atoms with van der Waals surface area (Å²) in [5, 5.41) is 3.95. The largest absolute Gasteiger partial charge is 0.488 e. The second-order valence-corrected chi connectivity index (χ2v) is 6.61. The van der Waals surface area contributed by atoms with Gasteiger partial charge in [-0.3, -0.25) is 14.9 Å². The average Bonchev–Trinajstić information content (AvgIpc) is 3.09. The van der Waals surface area contributed by atoms with Gasteiger partial charge in [0.2, 0.25) is 0 Å². The van der Waals surface area contributed by atoms with Gasteiger partial charge in [-0.15, -0.1) is 0 Å². The number of piperidine rings is 1. The van der Waals surface area contributed by atoms with Crippen molar-refractivity contribution >= 4 is 0 Å². The Morgan fingerprint density at radius 2 is 1.96 bits per heavy atom. The van der Waals surface area contributed by atoms with E-state index in [1.54, 1.807) is 18.6 Å². The van der Waals surface area contributed by atoms with Crippen LogP contribution in [0.2, 0.25) is 0 Å². The predicted molar refractivity (Wildman–Crippen MR) is 97.6 cm³/mol. The van der Waals surface area contributed by atoms with Crippen LogP contribution in [-0.4, -0.2) is 39.2 Å². The van der Waals surface area contributed by atoms with Gasteiger partial charge in [0.25, 0.3) is 0 Å². The highest BCUT2D eigenvalue weighted by Gasteiger charge is 2.22. The molecule has 1 fully saturated rings. The number of aryl methyl sites for hydroxylation is 1. The lowest BCUT2D eigenvalue weighted by atomic mass is 10.1. The van der Waals surface area contributed by atoms with Crippen LogP contribution in [0.15, 0.2) is 53.4 Å². The molecule has 0 radical (unpaired) electrons. The Balaban J connectivity index is 1.38. The standard InChI is InChI=1S/C20H22N4O2/c1-15-13-18(26-23-15)14-24-11-6-17(7-12-24)25-19-3-2-8-22-20(19)16-4-9-21-10-5-16/h2-5,8-10,13,17H,6-7,11-12,14H2,1H3. The number of nitrogens with zero attached hydrogens (tertiary/aromatic N) is 4. The molecule has 134 valence electrons. The number of likely N-dealkylation sites (tertiary alicyclic amines) is 1. The van der Waals surface area contributed by atoms with E-state index in [-0.39, 0.29) is 6.10 Å². The van der Waals surface area contributed by atoms with Gasteiger partial charge >= 0.3 is 0 Å². The molecular formula is C20H22N4O2. The van der Waals surface area contributed by atoms with E-state index in [0.717, 1.165) is 60.9 Å². The zero-order valence-corrected chi connectivity index (χ0v) is 14.8. The third-order valence-corrected chi connectivity index (χ3v) is 4.61. The van der Waals surface area contributed by atoms with Crippen molar-refractivity contribution in [3.05, 3.63) is 60.4 Å². The maximum absolute atomic E-state index is 6.30. The van der Waals surface area contributed by atoms with Gasteiger partial charge in [0.1, 0.15) is 17.5 Å². The van der Waals surface area contributed by atoms with Crippen molar-refractivity contribution in [2.24, 2.45) is 0 Å². The Morgan fingerprint density at radius 3 is 2.69 bits per heavy atom. The van der Waals surface area contributed by atoms with E-state index in [2.05, 4.69) is 20.0 Å². The van der Waals surface area contributed by atoms with Gasteiger partial charge in [0.05, 0.1) is 12.2 Å². The minimum absolute atomic E-state index is 0.201. The van der Waals surface area contributed by atoms with Crippen molar-refractivity contribution in [3.63, 3.8) is 0 Å². The SMILES string of the molecule is Cc1cc(CN2CCC(Oc3cccnc3-c3ccncc3)CC2)on1. The fourth-order valence-electron chi connectivity index (χ4n) is 3.29. The van der Waals surface area contributed by atoms with Crippen LogP contribution in [0.4, 0.5) is 0 Å². The van der Waals surface area contributed by atoms with Gasteiger partial charge in [-0.2, -0.15) is 0 Å². The van der Waals surface area contributed by atoms with Crippen LogP contribution >= 0.6 is 0 Å². The fourth-order valence-corrected chi connectivity index (χ4v) is 3.29. The molecular weight excluding hydrogens is 328 g/mol. The van der Waals surface area contributed by atoms with Crippen LogP contribution in [0.25, 0.3) is 11.3 Å². The van der Waals surface area contributed by atoms with E-state index in [0.29, 0.717) is 0 Å². The third-order valence-electron chi connectivity index (χ3n) is 4.61. The van der Waals surface area contributed by atoms with Crippen molar-refractivity contribution in [3.8, 4) is 17.0 Å². The van der Waals surface area contributed by atoms with Crippen LogP contribution in [0.1, 0.15) is 24.3 Å². The minimum atomic E-state index is 0.201. The van der Waals surface area contributed by atoms with Gasteiger partial charge in [-0.25, -0.2) is 0 Å². The molecule has 6 nitrogen and oxygen atoms in total. The Hall–Kier alpha value is -2.73. The van der Waals surface area contributed by atoms with E-state index in [1.165, 1.54) is 0 Å². The van der Waals surface area contributed by atoms with E-state index < -0.39 is 0 Å². The molecule has 1 saturated heterocycles. The van der Waals surface area contributed by atoms with Crippen LogP contribution in [-0.2, 0) is 6.54 Å². The van der Waals surface area contributed by atoms with E-state index in [9.17, 15) is 0 Å². The highest BCUT2D eigenvalue weighted by molar-refractivity contribution is 5.65. The van der Waals surface area contributed by atoms with Crippen molar-refractivity contribution in [2.75, 3.05) is 13.1 Å². The van der Waals surface area contributed by atoms with E-state index in [4.69, 9.17) is 9.26 Å². The number of rotatable bonds is 5. The summed E-state index contributed by atoms with van der Waals surface area (Å²) in [6.45, 7) is 4.72. The summed E-state index contributed by atoms with van der Waals surface area (Å²) in [5.74, 6) is 1.76. The molecule has 0 aromatic carbocycles. The zero-order valence-electron chi connectivity index (χ0n) is 14.8. The Labute approximate surface area is 152 Å². The summed E-state index contributed by atoms with van der Waals surface area (Å²) in [6, 6.07) is 9.82. The van der Waals surface area contributed by atoms with Crippen LogP contribution in [0, 0.1) is 6.92 Å². The molecule has 6 heteroatoms. The normalized spacial score (nSPS) is 15.9. The van der Waals surface area contributed by atoms with Crippen molar-refractivity contribution in [1.29, 1.82) is 0 Å². The molecule has 0 amide bonds. The zero-order chi connectivity index (χ0) is 17.8. The lowest BCUT2D eigenvalue weighted by molar-refractivity contribution is 0.0916. The van der Waals surface area contributed by atoms with Crippen LogP contribution in [0.3, 0.4) is 0 Å². The van der Waals surface area contributed by atoms with Gasteiger partial charge in [-0.05, 0) is 44.0 Å². The predicted octanol–water partition coefficient (Wildman–Crippen LogP) is 3.48. The molecule has 4 heterocycles.